The molecule has 120 valence electrons. The predicted molar refractivity (Wildman–Crippen MR) is 94.6 cm³/mol. The largest absolute Gasteiger partial charge is 0.510 e. The quantitative estimate of drug-likeness (QED) is 0.479. The molecule has 1 unspecified atom stereocenters. The highest BCUT2D eigenvalue weighted by Crippen LogP contribution is 2.37. The van der Waals surface area contributed by atoms with E-state index in [-0.39, 0.29) is 0 Å². The van der Waals surface area contributed by atoms with Crippen molar-refractivity contribution in [2.24, 2.45) is 10.2 Å². The first-order chi connectivity index (χ1) is 10.9. The Labute approximate surface area is 152 Å². The fourth-order valence-corrected chi connectivity index (χ4v) is 2.58. The Morgan fingerprint density at radius 2 is 1.70 bits per heavy atom. The molecule has 7 heteroatoms. The molecule has 0 aromatic heterocycles. The Hall–Kier alpha value is -1.38. The third-order valence-corrected chi connectivity index (χ3v) is 4.07. The molecule has 1 aliphatic heterocycles. The fraction of sp³-hybridized carbons (Fsp3) is 0.250. The highest BCUT2D eigenvalue weighted by molar-refractivity contribution is 14.1. The summed E-state index contributed by atoms with van der Waals surface area (Å²) < 4.78 is 18.5. The topological polar surface area (TPSA) is 52.4 Å². The minimum absolute atomic E-state index is 0.511. The molecule has 2 aromatic rings. The maximum absolute atomic E-state index is 5.92. The van der Waals surface area contributed by atoms with E-state index in [4.69, 9.17) is 25.8 Å². The summed E-state index contributed by atoms with van der Waals surface area (Å²) in [5, 5.41) is 8.79. The molecule has 0 fully saturated rings. The van der Waals surface area contributed by atoms with Gasteiger partial charge in [-0.05, 0) is 72.8 Å². The first-order valence-corrected chi connectivity index (χ1v) is 8.36. The highest BCUT2D eigenvalue weighted by Gasteiger charge is 2.49. The SMILES string of the molecule is CC1(C)N=NC(Oc2ccc(Cl)cc2)(Oc2ccccc2I)O1. The average Bonchev–Trinajstić information content (AvgIpc) is 2.79. The number of ether oxygens (including phenoxy) is 3. The molecule has 0 saturated carbocycles. The van der Waals surface area contributed by atoms with Gasteiger partial charge in [-0.15, -0.1) is 5.11 Å². The number of halogens is 2. The molecule has 1 heterocycles. The van der Waals surface area contributed by atoms with Crippen LogP contribution in [-0.4, -0.2) is 11.8 Å². The lowest BCUT2D eigenvalue weighted by Crippen LogP contribution is -2.44. The van der Waals surface area contributed by atoms with Crippen molar-refractivity contribution in [1.29, 1.82) is 0 Å². The van der Waals surface area contributed by atoms with Gasteiger partial charge in [-0.25, -0.2) is 0 Å². The molecule has 2 aromatic carbocycles. The number of rotatable bonds is 4. The molecule has 3 rings (SSSR count). The lowest BCUT2D eigenvalue weighted by molar-refractivity contribution is -0.310. The van der Waals surface area contributed by atoms with Gasteiger partial charge in [-0.1, -0.05) is 28.8 Å². The van der Waals surface area contributed by atoms with E-state index in [0.717, 1.165) is 3.57 Å². The lowest BCUT2D eigenvalue weighted by Gasteiger charge is -2.27. The molecule has 0 aliphatic carbocycles. The summed E-state index contributed by atoms with van der Waals surface area (Å²) in [4.78, 5) is 0. The van der Waals surface area contributed by atoms with Gasteiger partial charge in [-0.2, -0.15) is 0 Å². The third kappa shape index (κ3) is 3.94. The van der Waals surface area contributed by atoms with Crippen LogP contribution >= 0.6 is 34.2 Å². The number of hydrogen-bond donors (Lipinski definition) is 0. The summed E-state index contributed by atoms with van der Waals surface area (Å²) in [6.07, 6.45) is -1.67. The molecule has 0 amide bonds. The maximum Gasteiger partial charge on any atom is 0.510 e. The number of hydrogen-bond acceptors (Lipinski definition) is 5. The van der Waals surface area contributed by atoms with E-state index in [0.29, 0.717) is 16.5 Å². The second-order valence-corrected chi connectivity index (χ2v) is 6.96. The molecular weight excluding hydrogens is 431 g/mol. The minimum atomic E-state index is -1.67. The highest BCUT2D eigenvalue weighted by atomic mass is 127. The summed E-state index contributed by atoms with van der Waals surface area (Å²) in [6, 6.07) is 14.4. The predicted octanol–water partition coefficient (Wildman–Crippen LogP) is 5.23. The zero-order valence-corrected chi connectivity index (χ0v) is 15.4. The van der Waals surface area contributed by atoms with Crippen molar-refractivity contribution >= 4 is 34.2 Å². The molecule has 0 bridgehead atoms. The van der Waals surface area contributed by atoms with E-state index < -0.39 is 11.8 Å². The molecule has 0 spiro atoms. The summed E-state index contributed by atoms with van der Waals surface area (Å²) in [7, 11) is 0. The zero-order chi connectivity index (χ0) is 16.5. The van der Waals surface area contributed by atoms with Crippen molar-refractivity contribution in [1.82, 2.24) is 0 Å². The third-order valence-electron chi connectivity index (χ3n) is 2.93. The smallest absolute Gasteiger partial charge is 0.410 e. The molecule has 0 saturated heterocycles. The van der Waals surface area contributed by atoms with Gasteiger partial charge in [-0.3, -0.25) is 4.74 Å². The Balaban J connectivity index is 1.91. The van der Waals surface area contributed by atoms with Gasteiger partial charge in [0, 0.05) is 5.02 Å². The molecule has 5 nitrogen and oxygen atoms in total. The molecule has 23 heavy (non-hydrogen) atoms. The first kappa shape index (κ1) is 16.5. The molecule has 0 radical (unpaired) electrons. The van der Waals surface area contributed by atoms with Gasteiger partial charge in [0.15, 0.2) is 5.72 Å². The van der Waals surface area contributed by atoms with Crippen LogP contribution in [0, 0.1) is 3.57 Å². The van der Waals surface area contributed by atoms with Crippen molar-refractivity contribution < 1.29 is 14.2 Å². The fourth-order valence-electron chi connectivity index (χ4n) is 1.96. The van der Waals surface area contributed by atoms with Crippen LogP contribution in [0.25, 0.3) is 0 Å². The molecule has 0 N–H and O–H groups in total. The summed E-state index contributed by atoms with van der Waals surface area (Å²) in [6.45, 7) is 3.56. The Morgan fingerprint density at radius 1 is 1.00 bits per heavy atom. The maximum atomic E-state index is 5.92. The lowest BCUT2D eigenvalue weighted by atomic mass is 10.3. The molecule has 1 aliphatic rings. The van der Waals surface area contributed by atoms with Crippen LogP contribution in [0.2, 0.25) is 5.02 Å². The van der Waals surface area contributed by atoms with E-state index in [2.05, 4.69) is 32.8 Å². The van der Waals surface area contributed by atoms with Crippen molar-refractivity contribution in [3.8, 4) is 11.5 Å². The van der Waals surface area contributed by atoms with E-state index in [9.17, 15) is 0 Å². The second kappa shape index (κ2) is 6.26. The van der Waals surface area contributed by atoms with Crippen LogP contribution in [0.1, 0.15) is 13.8 Å². The van der Waals surface area contributed by atoms with E-state index in [1.807, 2.05) is 24.3 Å². The number of azo groups is 1. The van der Waals surface area contributed by atoms with Crippen molar-refractivity contribution in [3.05, 3.63) is 57.1 Å². The van der Waals surface area contributed by atoms with Gasteiger partial charge in [0.25, 0.3) is 0 Å². The van der Waals surface area contributed by atoms with Crippen LogP contribution in [0.4, 0.5) is 0 Å². The number of para-hydroxylation sites is 1. The second-order valence-electron chi connectivity index (χ2n) is 5.36. The number of nitrogens with zero attached hydrogens (tertiary/aromatic N) is 2. The summed E-state index contributed by atoms with van der Waals surface area (Å²) in [5.41, 5.74) is -0.841. The minimum Gasteiger partial charge on any atom is -0.410 e. The Kier molecular flexibility index (Phi) is 4.48. The van der Waals surface area contributed by atoms with Crippen molar-refractivity contribution in [3.63, 3.8) is 0 Å². The van der Waals surface area contributed by atoms with Gasteiger partial charge >= 0.3 is 6.10 Å². The van der Waals surface area contributed by atoms with Crippen molar-refractivity contribution in [2.45, 2.75) is 25.7 Å². The normalized spacial score (nSPS) is 22.1. The number of benzene rings is 2. The molecule has 1 atom stereocenters. The first-order valence-electron chi connectivity index (χ1n) is 6.90. The van der Waals surface area contributed by atoms with Gasteiger partial charge in [0.1, 0.15) is 11.5 Å². The van der Waals surface area contributed by atoms with Crippen LogP contribution < -0.4 is 9.47 Å². The van der Waals surface area contributed by atoms with Gasteiger partial charge in [0.05, 0.1) is 3.57 Å². The van der Waals surface area contributed by atoms with Crippen molar-refractivity contribution in [2.75, 3.05) is 0 Å². The Morgan fingerprint density at radius 3 is 2.30 bits per heavy atom. The van der Waals surface area contributed by atoms with Crippen LogP contribution in [0.15, 0.2) is 58.8 Å². The van der Waals surface area contributed by atoms with E-state index >= 15 is 0 Å². The van der Waals surface area contributed by atoms with Crippen LogP contribution in [0.5, 0.6) is 11.5 Å². The monoisotopic (exact) mass is 444 g/mol. The van der Waals surface area contributed by atoms with E-state index in [1.165, 1.54) is 0 Å². The standard InChI is InChI=1S/C16H14ClIN2O3/c1-15(2)19-20-16(23-15,21-12-9-7-11(17)8-10-12)22-14-6-4-3-5-13(14)18/h3-10H,1-2H3. The Bertz CT molecular complexity index is 736. The van der Waals surface area contributed by atoms with Gasteiger partial charge in [0.2, 0.25) is 0 Å². The average molecular weight is 445 g/mol. The van der Waals surface area contributed by atoms with Gasteiger partial charge < -0.3 is 9.47 Å². The zero-order valence-electron chi connectivity index (χ0n) is 12.5. The van der Waals surface area contributed by atoms with Crippen LogP contribution in [0.3, 0.4) is 0 Å². The van der Waals surface area contributed by atoms with E-state index in [1.54, 1.807) is 38.1 Å². The summed E-state index contributed by atoms with van der Waals surface area (Å²) in [5.74, 6) is 1.11. The summed E-state index contributed by atoms with van der Waals surface area (Å²) >= 11 is 8.07. The van der Waals surface area contributed by atoms with Crippen LogP contribution in [-0.2, 0) is 4.74 Å². The molecular formula is C16H14ClIN2O3.